The Morgan fingerprint density at radius 2 is 2.12 bits per heavy atom. The summed E-state index contributed by atoms with van der Waals surface area (Å²) >= 11 is 0. The molecule has 0 unspecified atom stereocenters. The highest BCUT2D eigenvalue weighted by Gasteiger charge is 2.55. The van der Waals surface area contributed by atoms with Crippen LogP contribution >= 0.6 is 0 Å². The van der Waals surface area contributed by atoms with Crippen molar-refractivity contribution in [3.63, 3.8) is 0 Å². The Morgan fingerprint density at radius 3 is 2.84 bits per heavy atom. The number of aliphatic hydroxyl groups excluding tert-OH is 1. The summed E-state index contributed by atoms with van der Waals surface area (Å²) < 4.78 is 5.46. The maximum atomic E-state index is 11.9. The molecule has 2 atom stereocenters. The zero-order chi connectivity index (χ0) is 17.4. The zero-order valence-corrected chi connectivity index (χ0v) is 14.5. The van der Waals surface area contributed by atoms with E-state index in [1.807, 2.05) is 18.0 Å². The van der Waals surface area contributed by atoms with Gasteiger partial charge in [-0.25, -0.2) is 9.97 Å². The number of aliphatic hydroxyl groups is 1. The van der Waals surface area contributed by atoms with Gasteiger partial charge < -0.3 is 25.0 Å². The maximum Gasteiger partial charge on any atom is 0.241 e. The quantitative estimate of drug-likeness (QED) is 0.801. The average molecular weight is 347 g/mol. The Balaban J connectivity index is 1.46. The highest BCUT2D eigenvalue weighted by Crippen LogP contribution is 2.50. The van der Waals surface area contributed by atoms with Crippen molar-refractivity contribution in [2.24, 2.45) is 5.41 Å². The van der Waals surface area contributed by atoms with Crippen LogP contribution in [0.2, 0.25) is 0 Å². The fourth-order valence-electron chi connectivity index (χ4n) is 4.13. The first-order valence-electron chi connectivity index (χ1n) is 8.92. The summed E-state index contributed by atoms with van der Waals surface area (Å²) in [6, 6.07) is 2.10. The van der Waals surface area contributed by atoms with Gasteiger partial charge in [0.05, 0.1) is 12.6 Å². The smallest absolute Gasteiger partial charge is 0.241 e. The first kappa shape index (κ1) is 16.5. The Kier molecular flexibility index (Phi) is 4.24. The minimum Gasteiger partial charge on any atom is -0.392 e. The SMILES string of the molecule is CN1CCN(c2cc(N[C@@H]3C[C@@H](O)C34CCOCC4)ncn2)CC1=O. The number of anilines is 2. The number of rotatable bonds is 3. The zero-order valence-electron chi connectivity index (χ0n) is 14.5. The van der Waals surface area contributed by atoms with Gasteiger partial charge in [0.1, 0.15) is 18.0 Å². The van der Waals surface area contributed by atoms with Crippen LogP contribution in [0, 0.1) is 5.41 Å². The number of piperazine rings is 1. The second-order valence-corrected chi connectivity index (χ2v) is 7.29. The number of aromatic nitrogens is 2. The van der Waals surface area contributed by atoms with Crippen LogP contribution in [0.3, 0.4) is 0 Å². The van der Waals surface area contributed by atoms with Gasteiger partial charge >= 0.3 is 0 Å². The second-order valence-electron chi connectivity index (χ2n) is 7.29. The van der Waals surface area contributed by atoms with Gasteiger partial charge in [-0.15, -0.1) is 0 Å². The van der Waals surface area contributed by atoms with E-state index in [9.17, 15) is 9.90 Å². The summed E-state index contributed by atoms with van der Waals surface area (Å²) in [6.07, 6.45) is 3.73. The van der Waals surface area contributed by atoms with Gasteiger partial charge in [0, 0.05) is 50.9 Å². The molecule has 3 fully saturated rings. The van der Waals surface area contributed by atoms with Gasteiger partial charge in [0.2, 0.25) is 5.91 Å². The summed E-state index contributed by atoms with van der Waals surface area (Å²) in [5.41, 5.74) is -0.104. The van der Waals surface area contributed by atoms with E-state index >= 15 is 0 Å². The van der Waals surface area contributed by atoms with Crippen molar-refractivity contribution < 1.29 is 14.6 Å². The van der Waals surface area contributed by atoms with Crippen LogP contribution in [-0.2, 0) is 9.53 Å². The molecule has 2 aliphatic heterocycles. The van der Waals surface area contributed by atoms with Gasteiger partial charge in [-0.3, -0.25) is 4.79 Å². The van der Waals surface area contributed by atoms with E-state index in [2.05, 4.69) is 15.3 Å². The lowest BCUT2D eigenvalue weighted by atomic mass is 9.58. The summed E-state index contributed by atoms with van der Waals surface area (Å²) in [4.78, 5) is 24.3. The molecule has 136 valence electrons. The van der Waals surface area contributed by atoms with Crippen LogP contribution in [0.25, 0.3) is 0 Å². The number of hydrogen-bond donors (Lipinski definition) is 2. The van der Waals surface area contributed by atoms with E-state index in [0.29, 0.717) is 26.3 Å². The Hall–Kier alpha value is -1.93. The van der Waals surface area contributed by atoms with E-state index < -0.39 is 0 Å². The lowest BCUT2D eigenvalue weighted by molar-refractivity contribution is -0.133. The number of carbonyl (C=O) groups excluding carboxylic acids is 1. The predicted octanol–water partition coefficient (Wildman–Crippen LogP) is 0.0969. The molecule has 3 heterocycles. The van der Waals surface area contributed by atoms with Crippen LogP contribution in [0.15, 0.2) is 12.4 Å². The molecule has 0 radical (unpaired) electrons. The summed E-state index contributed by atoms with van der Waals surface area (Å²) in [5, 5.41) is 13.8. The van der Waals surface area contributed by atoms with E-state index in [1.165, 1.54) is 6.33 Å². The van der Waals surface area contributed by atoms with Crippen molar-refractivity contribution in [2.45, 2.75) is 31.4 Å². The number of ether oxygens (including phenoxy) is 1. The highest BCUT2D eigenvalue weighted by molar-refractivity contribution is 5.82. The van der Waals surface area contributed by atoms with Gasteiger partial charge in [0.15, 0.2) is 0 Å². The minimum atomic E-state index is -0.273. The maximum absolute atomic E-state index is 11.9. The van der Waals surface area contributed by atoms with E-state index in [4.69, 9.17) is 4.74 Å². The Labute approximate surface area is 147 Å². The van der Waals surface area contributed by atoms with Crippen molar-refractivity contribution in [3.8, 4) is 0 Å². The number of likely N-dealkylation sites (N-methyl/N-ethyl adjacent to an activating group) is 1. The molecule has 1 aliphatic carbocycles. The van der Waals surface area contributed by atoms with E-state index in [1.54, 1.807) is 4.90 Å². The molecule has 3 aliphatic rings. The van der Waals surface area contributed by atoms with Gasteiger partial charge in [0.25, 0.3) is 0 Å². The van der Waals surface area contributed by atoms with Crippen LogP contribution in [-0.4, -0.2) is 77.9 Å². The van der Waals surface area contributed by atoms with Gasteiger partial charge in [-0.2, -0.15) is 0 Å². The lowest BCUT2D eigenvalue weighted by Gasteiger charge is -2.55. The topological polar surface area (TPSA) is 90.8 Å². The number of nitrogens with zero attached hydrogens (tertiary/aromatic N) is 4. The monoisotopic (exact) mass is 347 g/mol. The molecule has 1 amide bonds. The van der Waals surface area contributed by atoms with E-state index in [0.717, 1.165) is 37.4 Å². The molecular weight excluding hydrogens is 322 g/mol. The molecule has 8 heteroatoms. The molecule has 8 nitrogen and oxygen atoms in total. The van der Waals surface area contributed by atoms with Crippen molar-refractivity contribution >= 4 is 17.5 Å². The molecule has 0 aromatic carbocycles. The van der Waals surface area contributed by atoms with Gasteiger partial charge in [-0.1, -0.05) is 0 Å². The number of nitrogens with one attached hydrogen (secondary N) is 1. The van der Waals surface area contributed by atoms with Crippen molar-refractivity contribution in [1.29, 1.82) is 0 Å². The first-order valence-corrected chi connectivity index (χ1v) is 8.92. The lowest BCUT2D eigenvalue weighted by Crippen LogP contribution is -2.62. The van der Waals surface area contributed by atoms with Crippen LogP contribution in [0.5, 0.6) is 0 Å². The molecule has 1 aromatic rings. The fourth-order valence-corrected chi connectivity index (χ4v) is 4.13. The minimum absolute atomic E-state index is 0.0997. The third-order valence-electron chi connectivity index (χ3n) is 6.00. The number of carbonyl (C=O) groups is 1. The normalized spacial score (nSPS) is 28.8. The molecular formula is C17H25N5O3. The molecule has 1 spiro atoms. The predicted molar refractivity (Wildman–Crippen MR) is 92.4 cm³/mol. The van der Waals surface area contributed by atoms with Crippen molar-refractivity contribution in [1.82, 2.24) is 14.9 Å². The van der Waals surface area contributed by atoms with Crippen molar-refractivity contribution in [3.05, 3.63) is 12.4 Å². The third kappa shape index (κ3) is 2.93. The first-order chi connectivity index (χ1) is 12.1. The van der Waals surface area contributed by atoms with Crippen LogP contribution < -0.4 is 10.2 Å². The summed E-state index contributed by atoms with van der Waals surface area (Å²) in [5.74, 6) is 1.61. The van der Waals surface area contributed by atoms with Crippen LogP contribution in [0.1, 0.15) is 19.3 Å². The largest absolute Gasteiger partial charge is 0.392 e. The molecule has 1 saturated carbocycles. The molecule has 25 heavy (non-hydrogen) atoms. The Morgan fingerprint density at radius 1 is 1.32 bits per heavy atom. The molecule has 1 aromatic heterocycles. The Bertz CT molecular complexity index is 649. The third-order valence-corrected chi connectivity index (χ3v) is 6.00. The molecule has 2 saturated heterocycles. The molecule has 4 rings (SSSR count). The highest BCUT2D eigenvalue weighted by atomic mass is 16.5. The summed E-state index contributed by atoms with van der Waals surface area (Å²) in [7, 11) is 1.82. The van der Waals surface area contributed by atoms with Crippen molar-refractivity contribution in [2.75, 3.05) is 50.1 Å². The van der Waals surface area contributed by atoms with E-state index in [-0.39, 0.29) is 23.5 Å². The van der Waals surface area contributed by atoms with Gasteiger partial charge in [-0.05, 0) is 19.3 Å². The molecule has 2 N–H and O–H groups in total. The molecule has 0 bridgehead atoms. The summed E-state index contributed by atoms with van der Waals surface area (Å²) in [6.45, 7) is 3.21. The standard InChI is InChI=1S/C17H25N5O3/c1-21-4-5-22(10-16(21)24)15-9-14(18-11-19-15)20-12-8-13(23)17(12)2-6-25-7-3-17/h9,11-13,23H,2-8,10H2,1H3,(H,18,19,20)/t12-,13-/m1/s1. The second kappa shape index (κ2) is 6.42. The number of amides is 1. The fraction of sp³-hybridized carbons (Fsp3) is 0.706. The number of hydrogen-bond acceptors (Lipinski definition) is 7. The average Bonchev–Trinajstić information content (AvgIpc) is 2.65. The van der Waals surface area contributed by atoms with Crippen LogP contribution in [0.4, 0.5) is 11.6 Å².